The third-order valence-corrected chi connectivity index (χ3v) is 6.31. The minimum Gasteiger partial charge on any atom is -0.481 e. The molecule has 3 N–H and O–H groups in total. The number of carbonyl (C=O) groups is 1. The molecule has 0 aliphatic rings. The Morgan fingerprint density at radius 1 is 0.974 bits per heavy atom. The van der Waals surface area contributed by atoms with Gasteiger partial charge in [0.1, 0.15) is 17.5 Å². The average molecular weight is 529 g/mol. The lowest BCUT2D eigenvalue weighted by Gasteiger charge is -2.14. The average Bonchev–Trinajstić information content (AvgIpc) is 2.94. The van der Waals surface area contributed by atoms with Crippen LogP contribution in [0.15, 0.2) is 82.6 Å². The first kappa shape index (κ1) is 27.5. The molecule has 0 saturated heterocycles. The molecule has 0 unspecified atom stereocenters. The molecule has 0 aliphatic heterocycles. The lowest BCUT2D eigenvalue weighted by atomic mass is 10.1. The van der Waals surface area contributed by atoms with Crippen molar-refractivity contribution in [3.63, 3.8) is 0 Å². The largest absolute Gasteiger partial charge is 0.481 e. The van der Waals surface area contributed by atoms with E-state index in [1.807, 2.05) is 30.3 Å². The summed E-state index contributed by atoms with van der Waals surface area (Å²) >= 11 is 0. The SMILES string of the molecule is N=C(CCc1ccccc1)N=C(CO)c1ccc2c(=O)n(-c3ccc(F)cc3)c(CCCCC(=O)O)nc2c1. The molecule has 0 amide bonds. The Kier molecular flexibility index (Phi) is 9.06. The number of aliphatic imine (C=N–C) groups is 1. The first-order valence-corrected chi connectivity index (χ1v) is 12.7. The van der Waals surface area contributed by atoms with Crippen LogP contribution in [0.2, 0.25) is 0 Å². The minimum atomic E-state index is -0.896. The maximum absolute atomic E-state index is 13.6. The molecule has 4 aromatic rings. The van der Waals surface area contributed by atoms with Gasteiger partial charge in [-0.25, -0.2) is 14.4 Å². The number of aliphatic carboxylic acids is 1. The number of amidine groups is 1. The summed E-state index contributed by atoms with van der Waals surface area (Å²) in [6.07, 6.45) is 2.31. The smallest absolute Gasteiger partial charge is 0.303 e. The fourth-order valence-electron chi connectivity index (χ4n) is 4.31. The number of aryl methyl sites for hydroxylation is 2. The molecule has 9 heteroatoms. The molecule has 0 saturated carbocycles. The second-order valence-corrected chi connectivity index (χ2v) is 9.13. The molecule has 3 aromatic carbocycles. The molecule has 0 aliphatic carbocycles. The third kappa shape index (κ3) is 7.08. The van der Waals surface area contributed by atoms with Crippen molar-refractivity contribution in [2.75, 3.05) is 6.61 Å². The molecule has 4 rings (SSSR count). The van der Waals surface area contributed by atoms with Crippen LogP contribution in [0, 0.1) is 11.2 Å². The highest BCUT2D eigenvalue weighted by molar-refractivity contribution is 6.09. The third-order valence-electron chi connectivity index (χ3n) is 6.31. The predicted octanol–water partition coefficient (Wildman–Crippen LogP) is 4.71. The number of benzene rings is 3. The monoisotopic (exact) mass is 528 g/mol. The number of nitrogens with zero attached hydrogens (tertiary/aromatic N) is 3. The number of unbranched alkanes of at least 4 members (excludes halogenated alkanes) is 1. The quantitative estimate of drug-likeness (QED) is 0.147. The van der Waals surface area contributed by atoms with Gasteiger partial charge in [0, 0.05) is 24.8 Å². The number of nitrogens with one attached hydrogen (secondary N) is 1. The van der Waals surface area contributed by atoms with Gasteiger partial charge in [0.2, 0.25) is 0 Å². The fraction of sp³-hybridized carbons (Fsp3) is 0.233. The number of halogens is 1. The van der Waals surface area contributed by atoms with Crippen molar-refractivity contribution in [1.29, 1.82) is 5.41 Å². The Balaban J connectivity index is 1.67. The van der Waals surface area contributed by atoms with Gasteiger partial charge in [-0.2, -0.15) is 0 Å². The zero-order valence-electron chi connectivity index (χ0n) is 21.3. The van der Waals surface area contributed by atoms with Crippen molar-refractivity contribution in [1.82, 2.24) is 9.55 Å². The van der Waals surface area contributed by atoms with Crippen LogP contribution in [0.3, 0.4) is 0 Å². The lowest BCUT2D eigenvalue weighted by Crippen LogP contribution is -2.24. The zero-order chi connectivity index (χ0) is 27.8. The van der Waals surface area contributed by atoms with Crippen LogP contribution in [0.25, 0.3) is 16.6 Å². The Morgan fingerprint density at radius 3 is 2.41 bits per heavy atom. The molecular formula is C30H29FN4O4. The number of hydrogen-bond donors (Lipinski definition) is 3. The van der Waals surface area contributed by atoms with Crippen LogP contribution in [0.4, 0.5) is 4.39 Å². The van der Waals surface area contributed by atoms with Gasteiger partial charge >= 0.3 is 5.97 Å². The molecule has 0 spiro atoms. The van der Waals surface area contributed by atoms with Gasteiger partial charge in [0.15, 0.2) is 0 Å². The molecule has 39 heavy (non-hydrogen) atoms. The molecule has 8 nitrogen and oxygen atoms in total. The summed E-state index contributed by atoms with van der Waals surface area (Å²) in [7, 11) is 0. The summed E-state index contributed by atoms with van der Waals surface area (Å²) in [5, 5.41) is 27.6. The van der Waals surface area contributed by atoms with E-state index in [9.17, 15) is 19.1 Å². The van der Waals surface area contributed by atoms with E-state index in [2.05, 4.69) is 4.99 Å². The standard InChI is InChI=1S/C30H29FN4O4/c31-22-12-14-23(15-13-22)35-28(8-4-5-9-29(37)38)34-25-18-21(11-16-24(25)30(35)39)26(19-36)33-27(32)17-10-20-6-2-1-3-7-20/h1-3,6-7,11-16,18,32,36H,4-5,8-10,17,19H2,(H,37,38). The highest BCUT2D eigenvalue weighted by Gasteiger charge is 2.15. The van der Waals surface area contributed by atoms with Crippen LogP contribution in [0.5, 0.6) is 0 Å². The maximum Gasteiger partial charge on any atom is 0.303 e. The van der Waals surface area contributed by atoms with Gasteiger partial charge in [-0.15, -0.1) is 0 Å². The Labute approximate surface area is 224 Å². The molecule has 0 bridgehead atoms. The number of hydrogen-bond acceptors (Lipinski definition) is 5. The second-order valence-electron chi connectivity index (χ2n) is 9.13. The molecule has 1 heterocycles. The van der Waals surface area contributed by atoms with Crippen molar-refractivity contribution >= 4 is 28.4 Å². The first-order valence-electron chi connectivity index (χ1n) is 12.7. The molecule has 200 valence electrons. The molecule has 1 aromatic heterocycles. The van der Waals surface area contributed by atoms with Crippen LogP contribution < -0.4 is 5.56 Å². The van der Waals surface area contributed by atoms with Gasteiger partial charge in [-0.3, -0.25) is 19.6 Å². The van der Waals surface area contributed by atoms with Gasteiger partial charge in [-0.1, -0.05) is 36.4 Å². The summed E-state index contributed by atoms with van der Waals surface area (Å²) in [4.78, 5) is 33.5. The topological polar surface area (TPSA) is 129 Å². The van der Waals surface area contributed by atoms with Crippen molar-refractivity contribution in [2.24, 2.45) is 4.99 Å². The molecule has 0 atom stereocenters. The zero-order valence-corrected chi connectivity index (χ0v) is 21.3. The maximum atomic E-state index is 13.6. The van der Waals surface area contributed by atoms with Crippen molar-refractivity contribution in [3.05, 3.63) is 106 Å². The number of aliphatic hydroxyl groups is 1. The highest BCUT2D eigenvalue weighted by Crippen LogP contribution is 2.18. The van der Waals surface area contributed by atoms with E-state index in [1.54, 1.807) is 18.2 Å². The second kappa shape index (κ2) is 12.8. The number of carboxylic acids is 1. The highest BCUT2D eigenvalue weighted by atomic mass is 19.1. The Hall–Kier alpha value is -4.50. The van der Waals surface area contributed by atoms with Gasteiger partial charge in [0.25, 0.3) is 5.56 Å². The van der Waals surface area contributed by atoms with Crippen LogP contribution >= 0.6 is 0 Å². The van der Waals surface area contributed by atoms with E-state index in [0.717, 1.165) is 5.56 Å². The van der Waals surface area contributed by atoms with Crippen molar-refractivity contribution in [2.45, 2.75) is 38.5 Å². The van der Waals surface area contributed by atoms with E-state index in [0.29, 0.717) is 65.8 Å². The predicted molar refractivity (Wildman–Crippen MR) is 149 cm³/mol. The number of aromatic nitrogens is 2. The van der Waals surface area contributed by atoms with Crippen LogP contribution in [-0.4, -0.2) is 43.9 Å². The van der Waals surface area contributed by atoms with E-state index in [-0.39, 0.29) is 17.8 Å². The number of carboxylic acid groups (broad SMARTS) is 1. The van der Waals surface area contributed by atoms with Crippen molar-refractivity contribution < 1.29 is 19.4 Å². The van der Waals surface area contributed by atoms with Crippen molar-refractivity contribution in [3.8, 4) is 5.69 Å². The number of fused-ring (bicyclic) bond motifs is 1. The molecule has 0 fully saturated rings. The Bertz CT molecular complexity index is 1560. The summed E-state index contributed by atoms with van der Waals surface area (Å²) in [5.74, 6) is -0.785. The van der Waals surface area contributed by atoms with Gasteiger partial charge in [0.05, 0.1) is 28.9 Å². The fourth-order valence-corrected chi connectivity index (χ4v) is 4.31. The van der Waals surface area contributed by atoms with E-state index in [4.69, 9.17) is 15.5 Å². The summed E-state index contributed by atoms with van der Waals surface area (Å²) in [6, 6.07) is 20.2. The Morgan fingerprint density at radius 2 is 1.72 bits per heavy atom. The summed E-state index contributed by atoms with van der Waals surface area (Å²) in [5.41, 5.74) is 2.43. The summed E-state index contributed by atoms with van der Waals surface area (Å²) < 4.78 is 15.0. The van der Waals surface area contributed by atoms with E-state index >= 15 is 0 Å². The normalized spacial score (nSPS) is 11.6. The first-order chi connectivity index (χ1) is 18.9. The molecular weight excluding hydrogens is 499 g/mol. The lowest BCUT2D eigenvalue weighted by molar-refractivity contribution is -0.137. The van der Waals surface area contributed by atoms with Crippen LogP contribution in [0.1, 0.15) is 42.6 Å². The van der Waals surface area contributed by atoms with Gasteiger partial charge < -0.3 is 10.2 Å². The van der Waals surface area contributed by atoms with Crippen LogP contribution in [-0.2, 0) is 17.6 Å². The van der Waals surface area contributed by atoms with Gasteiger partial charge in [-0.05, 0) is 61.2 Å². The van der Waals surface area contributed by atoms with E-state index < -0.39 is 18.4 Å². The minimum absolute atomic E-state index is 0.00502. The summed E-state index contributed by atoms with van der Waals surface area (Å²) in [6.45, 7) is -0.395. The molecule has 0 radical (unpaired) electrons. The number of rotatable bonds is 11. The van der Waals surface area contributed by atoms with E-state index in [1.165, 1.54) is 28.8 Å². The number of aliphatic hydroxyl groups excluding tert-OH is 1.